The molecule has 1 heterocycles. The van der Waals surface area contributed by atoms with Crippen molar-refractivity contribution in [1.82, 2.24) is 0 Å². The Labute approximate surface area is 113 Å². The summed E-state index contributed by atoms with van der Waals surface area (Å²) in [6, 6.07) is 0. The normalized spacial score (nSPS) is 14.7. The topological polar surface area (TPSA) is 30.2 Å². The maximum atomic E-state index is 12.6. The molecule has 0 aliphatic heterocycles. The minimum absolute atomic E-state index is 0.149. The standard InChI is InChI=1S/C17H18O2/c1-7-8(2)14-15-13(9(3)10(4)16(14)18)12(6)19-17(15)11(7)5/h1-6H3. The van der Waals surface area contributed by atoms with Crippen LogP contribution in [-0.4, -0.2) is 5.78 Å². The van der Waals surface area contributed by atoms with Crippen molar-refractivity contribution in [3.8, 4) is 0 Å². The van der Waals surface area contributed by atoms with Crippen LogP contribution in [0.4, 0.5) is 0 Å². The van der Waals surface area contributed by atoms with E-state index in [4.69, 9.17) is 4.42 Å². The second-order valence-electron chi connectivity index (χ2n) is 5.57. The molecule has 0 radical (unpaired) electrons. The number of aryl methyl sites for hydroxylation is 2. The smallest absolute Gasteiger partial charge is 0.190 e. The lowest BCUT2D eigenvalue weighted by atomic mass is 9.81. The summed E-state index contributed by atoms with van der Waals surface area (Å²) in [5.74, 6) is 1.06. The van der Waals surface area contributed by atoms with Gasteiger partial charge in [0.2, 0.25) is 0 Å². The number of benzene rings is 1. The minimum Gasteiger partial charge on any atom is -0.460 e. The van der Waals surface area contributed by atoms with Gasteiger partial charge in [0.1, 0.15) is 11.3 Å². The molecular formula is C17H18O2. The molecule has 0 saturated heterocycles. The van der Waals surface area contributed by atoms with Crippen molar-refractivity contribution >= 4 is 22.3 Å². The van der Waals surface area contributed by atoms with Crippen LogP contribution in [0.1, 0.15) is 52.2 Å². The molecule has 0 amide bonds. The van der Waals surface area contributed by atoms with E-state index in [-0.39, 0.29) is 5.78 Å². The summed E-state index contributed by atoms with van der Waals surface area (Å²) in [6.07, 6.45) is 0. The highest BCUT2D eigenvalue weighted by Crippen LogP contribution is 2.43. The first kappa shape index (κ1) is 12.2. The van der Waals surface area contributed by atoms with Crippen molar-refractivity contribution in [2.45, 2.75) is 41.5 Å². The van der Waals surface area contributed by atoms with Gasteiger partial charge in [0.25, 0.3) is 0 Å². The first-order chi connectivity index (χ1) is 8.86. The molecule has 1 aliphatic carbocycles. The first-order valence-corrected chi connectivity index (χ1v) is 6.61. The molecule has 0 bridgehead atoms. The van der Waals surface area contributed by atoms with E-state index in [0.29, 0.717) is 0 Å². The molecule has 0 atom stereocenters. The Kier molecular flexibility index (Phi) is 2.31. The zero-order valence-electron chi connectivity index (χ0n) is 12.3. The summed E-state index contributed by atoms with van der Waals surface area (Å²) in [6.45, 7) is 12.1. The summed E-state index contributed by atoms with van der Waals surface area (Å²) < 4.78 is 5.96. The predicted octanol–water partition coefficient (Wildman–Crippen LogP) is 4.66. The Hall–Kier alpha value is -1.83. The van der Waals surface area contributed by atoms with E-state index in [2.05, 4.69) is 13.8 Å². The van der Waals surface area contributed by atoms with Crippen LogP contribution >= 0.6 is 0 Å². The zero-order chi connectivity index (χ0) is 14.1. The van der Waals surface area contributed by atoms with Crippen LogP contribution < -0.4 is 0 Å². The fourth-order valence-electron chi connectivity index (χ4n) is 3.15. The lowest BCUT2D eigenvalue weighted by Crippen LogP contribution is -2.12. The SMILES string of the molecule is CC1=C(C)c2c(C)oc3c(C)c(C)c(C)c(c23)C1=O. The zero-order valence-corrected chi connectivity index (χ0v) is 12.3. The van der Waals surface area contributed by atoms with Crippen molar-refractivity contribution in [1.29, 1.82) is 0 Å². The highest BCUT2D eigenvalue weighted by atomic mass is 16.3. The molecule has 2 nitrogen and oxygen atoms in total. The van der Waals surface area contributed by atoms with Gasteiger partial charge in [-0.25, -0.2) is 0 Å². The molecule has 0 saturated carbocycles. The second-order valence-corrected chi connectivity index (χ2v) is 5.57. The number of allylic oxidation sites excluding steroid dienone is 2. The molecule has 1 aromatic carbocycles. The van der Waals surface area contributed by atoms with Crippen molar-refractivity contribution in [3.05, 3.63) is 39.2 Å². The van der Waals surface area contributed by atoms with E-state index in [0.717, 1.165) is 55.7 Å². The molecule has 3 rings (SSSR count). The summed E-state index contributed by atoms with van der Waals surface area (Å²) in [5.41, 5.74) is 8.12. The Morgan fingerprint density at radius 2 is 1.37 bits per heavy atom. The highest BCUT2D eigenvalue weighted by Gasteiger charge is 2.30. The summed E-state index contributed by atoms with van der Waals surface area (Å²) in [4.78, 5) is 12.6. The summed E-state index contributed by atoms with van der Waals surface area (Å²) in [5, 5.41) is 1.02. The number of carbonyl (C=O) groups excluding carboxylic acids is 1. The van der Waals surface area contributed by atoms with Crippen LogP contribution in [0.25, 0.3) is 16.5 Å². The Balaban J connectivity index is 2.66. The monoisotopic (exact) mass is 254 g/mol. The molecule has 0 spiro atoms. The molecular weight excluding hydrogens is 236 g/mol. The molecule has 19 heavy (non-hydrogen) atoms. The number of rotatable bonds is 0. The number of furan rings is 1. The first-order valence-electron chi connectivity index (χ1n) is 6.61. The molecule has 1 aromatic heterocycles. The Morgan fingerprint density at radius 3 is 2.00 bits per heavy atom. The van der Waals surface area contributed by atoms with Crippen LogP contribution in [0.2, 0.25) is 0 Å². The minimum atomic E-state index is 0.149. The number of carbonyl (C=O) groups is 1. The summed E-state index contributed by atoms with van der Waals surface area (Å²) >= 11 is 0. The average Bonchev–Trinajstić information content (AvgIpc) is 2.71. The highest BCUT2D eigenvalue weighted by molar-refractivity contribution is 6.25. The van der Waals surface area contributed by atoms with Gasteiger partial charge in [-0.05, 0) is 63.8 Å². The van der Waals surface area contributed by atoms with E-state index in [9.17, 15) is 4.79 Å². The van der Waals surface area contributed by atoms with E-state index >= 15 is 0 Å². The van der Waals surface area contributed by atoms with Crippen molar-refractivity contribution in [2.24, 2.45) is 0 Å². The molecule has 2 aromatic rings. The molecule has 0 N–H and O–H groups in total. The third-order valence-corrected chi connectivity index (χ3v) is 4.68. The van der Waals surface area contributed by atoms with Crippen molar-refractivity contribution in [2.75, 3.05) is 0 Å². The van der Waals surface area contributed by atoms with Crippen LogP contribution in [0.15, 0.2) is 9.99 Å². The second kappa shape index (κ2) is 3.60. The van der Waals surface area contributed by atoms with Gasteiger partial charge in [-0.3, -0.25) is 4.79 Å². The fourth-order valence-corrected chi connectivity index (χ4v) is 3.15. The van der Waals surface area contributed by atoms with Gasteiger partial charge in [-0.15, -0.1) is 0 Å². The lowest BCUT2D eigenvalue weighted by Gasteiger charge is -2.19. The largest absolute Gasteiger partial charge is 0.460 e. The molecule has 2 heteroatoms. The third kappa shape index (κ3) is 1.29. The molecule has 0 unspecified atom stereocenters. The van der Waals surface area contributed by atoms with E-state index < -0.39 is 0 Å². The fraction of sp³-hybridized carbons (Fsp3) is 0.353. The van der Waals surface area contributed by atoms with Gasteiger partial charge in [0, 0.05) is 22.1 Å². The molecule has 98 valence electrons. The Bertz CT molecular complexity index is 786. The maximum absolute atomic E-state index is 12.6. The van der Waals surface area contributed by atoms with Gasteiger partial charge in [-0.2, -0.15) is 0 Å². The lowest BCUT2D eigenvalue weighted by molar-refractivity contribution is 0.103. The van der Waals surface area contributed by atoms with E-state index in [1.54, 1.807) is 0 Å². The van der Waals surface area contributed by atoms with Gasteiger partial charge in [-0.1, -0.05) is 0 Å². The van der Waals surface area contributed by atoms with Crippen LogP contribution in [0, 0.1) is 27.7 Å². The summed E-state index contributed by atoms with van der Waals surface area (Å²) in [7, 11) is 0. The number of hydrogen-bond acceptors (Lipinski definition) is 2. The number of hydrogen-bond donors (Lipinski definition) is 0. The number of ketones is 1. The maximum Gasteiger partial charge on any atom is 0.190 e. The van der Waals surface area contributed by atoms with Gasteiger partial charge in [0.15, 0.2) is 5.78 Å². The van der Waals surface area contributed by atoms with Gasteiger partial charge < -0.3 is 4.42 Å². The number of Topliss-reactive ketones (excluding diaryl/α,β-unsaturated/α-hetero) is 1. The van der Waals surface area contributed by atoms with Crippen molar-refractivity contribution in [3.63, 3.8) is 0 Å². The van der Waals surface area contributed by atoms with Gasteiger partial charge >= 0.3 is 0 Å². The quantitative estimate of drug-likeness (QED) is 0.684. The van der Waals surface area contributed by atoms with E-state index in [1.165, 1.54) is 0 Å². The van der Waals surface area contributed by atoms with Crippen LogP contribution in [0.5, 0.6) is 0 Å². The predicted molar refractivity (Wildman–Crippen MR) is 77.8 cm³/mol. The third-order valence-electron chi connectivity index (χ3n) is 4.68. The average molecular weight is 254 g/mol. The molecule has 0 fully saturated rings. The van der Waals surface area contributed by atoms with Crippen molar-refractivity contribution < 1.29 is 9.21 Å². The Morgan fingerprint density at radius 1 is 0.737 bits per heavy atom. The van der Waals surface area contributed by atoms with Crippen LogP contribution in [-0.2, 0) is 0 Å². The van der Waals surface area contributed by atoms with Crippen LogP contribution in [0.3, 0.4) is 0 Å². The van der Waals surface area contributed by atoms with Gasteiger partial charge in [0.05, 0.1) is 0 Å². The molecule has 1 aliphatic rings. The van der Waals surface area contributed by atoms with E-state index in [1.807, 2.05) is 27.7 Å².